The Morgan fingerprint density at radius 1 is 1.37 bits per heavy atom. The Labute approximate surface area is 120 Å². The second kappa shape index (κ2) is 6.32. The third-order valence-electron chi connectivity index (χ3n) is 3.70. The largest absolute Gasteiger partial charge is 0.389 e. The quantitative estimate of drug-likeness (QED) is 0.804. The number of piperazine rings is 1. The van der Waals surface area contributed by atoms with Crippen molar-refractivity contribution < 1.29 is 0 Å². The summed E-state index contributed by atoms with van der Waals surface area (Å²) >= 11 is 5.08. The zero-order valence-corrected chi connectivity index (χ0v) is 12.4. The van der Waals surface area contributed by atoms with E-state index in [0.29, 0.717) is 11.0 Å². The van der Waals surface area contributed by atoms with Crippen LogP contribution in [0.2, 0.25) is 0 Å². The van der Waals surface area contributed by atoms with E-state index < -0.39 is 0 Å². The second-order valence-corrected chi connectivity index (χ2v) is 5.63. The SMILES string of the molecule is CN1CCN(C)C(CNc2ccccc2C(N)=S)C1. The van der Waals surface area contributed by atoms with E-state index in [1.54, 1.807) is 0 Å². The van der Waals surface area contributed by atoms with Gasteiger partial charge in [0.2, 0.25) is 0 Å². The molecule has 0 radical (unpaired) electrons. The van der Waals surface area contributed by atoms with Gasteiger partial charge in [0.15, 0.2) is 0 Å². The Hall–Kier alpha value is -1.17. The first-order valence-corrected chi connectivity index (χ1v) is 7.00. The molecule has 1 aromatic rings. The first-order valence-electron chi connectivity index (χ1n) is 6.59. The lowest BCUT2D eigenvalue weighted by atomic mass is 10.1. The van der Waals surface area contributed by atoms with E-state index in [1.807, 2.05) is 24.3 Å². The molecule has 1 fully saturated rings. The number of rotatable bonds is 4. The average Bonchev–Trinajstić information content (AvgIpc) is 2.40. The summed E-state index contributed by atoms with van der Waals surface area (Å²) in [5.41, 5.74) is 7.69. The van der Waals surface area contributed by atoms with Gasteiger partial charge >= 0.3 is 0 Å². The van der Waals surface area contributed by atoms with Crippen molar-refractivity contribution in [2.75, 3.05) is 45.6 Å². The molecule has 19 heavy (non-hydrogen) atoms. The van der Waals surface area contributed by atoms with Crippen LogP contribution in [0.4, 0.5) is 5.69 Å². The van der Waals surface area contributed by atoms with Crippen LogP contribution in [0.1, 0.15) is 5.56 Å². The van der Waals surface area contributed by atoms with Gasteiger partial charge in [-0.1, -0.05) is 24.4 Å². The summed E-state index contributed by atoms with van der Waals surface area (Å²) in [6.07, 6.45) is 0. The molecule has 1 aliphatic rings. The first-order chi connectivity index (χ1) is 9.08. The zero-order valence-electron chi connectivity index (χ0n) is 11.6. The summed E-state index contributed by atoms with van der Waals surface area (Å²) in [6.45, 7) is 4.23. The molecule has 1 heterocycles. The van der Waals surface area contributed by atoms with E-state index in [4.69, 9.17) is 18.0 Å². The highest BCUT2D eigenvalue weighted by atomic mass is 32.1. The molecule has 0 spiro atoms. The minimum absolute atomic E-state index is 0.442. The first kappa shape index (κ1) is 14.2. The Balaban J connectivity index is 2.00. The molecule has 4 nitrogen and oxygen atoms in total. The van der Waals surface area contributed by atoms with Gasteiger partial charge in [-0.15, -0.1) is 0 Å². The van der Waals surface area contributed by atoms with Crippen molar-refractivity contribution in [1.29, 1.82) is 0 Å². The monoisotopic (exact) mass is 278 g/mol. The molecular formula is C14H22N4S. The number of hydrogen-bond donors (Lipinski definition) is 2. The van der Waals surface area contributed by atoms with Crippen molar-refractivity contribution in [3.05, 3.63) is 29.8 Å². The molecule has 1 aliphatic heterocycles. The van der Waals surface area contributed by atoms with Crippen molar-refractivity contribution in [2.45, 2.75) is 6.04 Å². The van der Waals surface area contributed by atoms with Crippen LogP contribution >= 0.6 is 12.2 Å². The number of hydrogen-bond acceptors (Lipinski definition) is 4. The summed E-state index contributed by atoms with van der Waals surface area (Å²) in [5, 5.41) is 3.48. The molecule has 2 rings (SSSR count). The lowest BCUT2D eigenvalue weighted by Crippen LogP contribution is -2.52. The highest BCUT2D eigenvalue weighted by Gasteiger charge is 2.21. The van der Waals surface area contributed by atoms with Crippen LogP contribution in [-0.2, 0) is 0 Å². The van der Waals surface area contributed by atoms with Crippen molar-refractivity contribution in [3.8, 4) is 0 Å². The summed E-state index contributed by atoms with van der Waals surface area (Å²) < 4.78 is 0. The Bertz CT molecular complexity index is 449. The lowest BCUT2D eigenvalue weighted by Gasteiger charge is -2.38. The maximum absolute atomic E-state index is 5.75. The van der Waals surface area contributed by atoms with E-state index in [-0.39, 0.29) is 0 Å². The average molecular weight is 278 g/mol. The maximum Gasteiger partial charge on any atom is 0.106 e. The standard InChI is InChI=1S/C14H22N4S/c1-17-7-8-18(2)11(10-17)9-16-13-6-4-3-5-12(13)14(15)19/h3-6,11,16H,7-10H2,1-2H3,(H2,15,19). The number of nitrogens with zero attached hydrogens (tertiary/aromatic N) is 2. The van der Waals surface area contributed by atoms with Gasteiger partial charge < -0.3 is 16.0 Å². The van der Waals surface area contributed by atoms with Gasteiger partial charge in [-0.05, 0) is 26.2 Å². The zero-order chi connectivity index (χ0) is 13.8. The second-order valence-electron chi connectivity index (χ2n) is 5.19. The Morgan fingerprint density at radius 2 is 2.11 bits per heavy atom. The highest BCUT2D eigenvalue weighted by molar-refractivity contribution is 7.80. The molecule has 104 valence electrons. The molecule has 0 aromatic heterocycles. The molecule has 0 bridgehead atoms. The van der Waals surface area contributed by atoms with Gasteiger partial charge in [-0.2, -0.15) is 0 Å². The van der Waals surface area contributed by atoms with Crippen molar-refractivity contribution in [2.24, 2.45) is 5.73 Å². The van der Waals surface area contributed by atoms with Gasteiger partial charge in [0.05, 0.1) is 0 Å². The topological polar surface area (TPSA) is 44.5 Å². The van der Waals surface area contributed by atoms with Crippen LogP contribution in [0.15, 0.2) is 24.3 Å². The van der Waals surface area contributed by atoms with Gasteiger partial charge in [0.25, 0.3) is 0 Å². The van der Waals surface area contributed by atoms with E-state index >= 15 is 0 Å². The fourth-order valence-corrected chi connectivity index (χ4v) is 2.58. The van der Waals surface area contributed by atoms with Crippen LogP contribution in [-0.4, -0.2) is 61.1 Å². The molecule has 1 unspecified atom stereocenters. The van der Waals surface area contributed by atoms with Crippen molar-refractivity contribution in [3.63, 3.8) is 0 Å². The van der Waals surface area contributed by atoms with Crippen LogP contribution in [0.3, 0.4) is 0 Å². The number of anilines is 1. The van der Waals surface area contributed by atoms with E-state index in [1.165, 1.54) is 0 Å². The van der Waals surface area contributed by atoms with Gasteiger partial charge in [0, 0.05) is 43.5 Å². The van der Waals surface area contributed by atoms with Crippen LogP contribution in [0.25, 0.3) is 0 Å². The molecule has 0 aliphatic carbocycles. The number of para-hydroxylation sites is 1. The molecule has 1 saturated heterocycles. The Morgan fingerprint density at radius 3 is 2.84 bits per heavy atom. The predicted octanol–water partition coefficient (Wildman–Crippen LogP) is 0.978. The fourth-order valence-electron chi connectivity index (χ4n) is 2.40. The minimum atomic E-state index is 0.442. The van der Waals surface area contributed by atoms with E-state index in [9.17, 15) is 0 Å². The highest BCUT2D eigenvalue weighted by Crippen LogP contribution is 2.16. The maximum atomic E-state index is 5.75. The van der Waals surface area contributed by atoms with Gasteiger partial charge in [0.1, 0.15) is 4.99 Å². The smallest absolute Gasteiger partial charge is 0.106 e. The van der Waals surface area contributed by atoms with Crippen LogP contribution in [0, 0.1) is 0 Å². The summed E-state index contributed by atoms with van der Waals surface area (Å²) in [7, 11) is 4.35. The number of nitrogens with one attached hydrogen (secondary N) is 1. The van der Waals surface area contributed by atoms with E-state index in [2.05, 4.69) is 29.2 Å². The molecular weight excluding hydrogens is 256 g/mol. The molecule has 0 saturated carbocycles. The third kappa shape index (κ3) is 3.65. The summed E-state index contributed by atoms with van der Waals surface area (Å²) in [6, 6.07) is 8.46. The molecule has 0 amide bonds. The predicted molar refractivity (Wildman–Crippen MR) is 84.7 cm³/mol. The van der Waals surface area contributed by atoms with E-state index in [0.717, 1.165) is 37.4 Å². The number of likely N-dealkylation sites (N-methyl/N-ethyl adjacent to an activating group) is 2. The fraction of sp³-hybridized carbons (Fsp3) is 0.500. The minimum Gasteiger partial charge on any atom is -0.389 e. The molecule has 5 heteroatoms. The van der Waals surface area contributed by atoms with Crippen molar-refractivity contribution in [1.82, 2.24) is 9.80 Å². The normalized spacial score (nSPS) is 21.3. The van der Waals surface area contributed by atoms with Gasteiger partial charge in [-0.3, -0.25) is 4.90 Å². The third-order valence-corrected chi connectivity index (χ3v) is 3.92. The molecule has 3 N–H and O–H groups in total. The molecule has 1 atom stereocenters. The van der Waals surface area contributed by atoms with Gasteiger partial charge in [-0.25, -0.2) is 0 Å². The Kier molecular flexibility index (Phi) is 4.74. The van der Waals surface area contributed by atoms with Crippen molar-refractivity contribution >= 4 is 22.9 Å². The number of thiocarbonyl (C=S) groups is 1. The lowest BCUT2D eigenvalue weighted by molar-refractivity contribution is 0.122. The molecule has 1 aromatic carbocycles. The summed E-state index contributed by atoms with van der Waals surface area (Å²) in [5.74, 6) is 0. The number of nitrogens with two attached hydrogens (primary N) is 1. The van der Waals surface area contributed by atoms with Crippen LogP contribution < -0.4 is 11.1 Å². The number of benzene rings is 1. The summed E-state index contributed by atoms with van der Waals surface area (Å²) in [4.78, 5) is 5.21. The van der Waals surface area contributed by atoms with Crippen LogP contribution in [0.5, 0.6) is 0 Å².